The summed E-state index contributed by atoms with van der Waals surface area (Å²) in [6, 6.07) is 24.0. The lowest BCUT2D eigenvalue weighted by molar-refractivity contribution is -0.537. The van der Waals surface area contributed by atoms with Gasteiger partial charge < -0.3 is 49.5 Å². The molecule has 0 radical (unpaired) electrons. The molecule has 12 heteroatoms. The molecule has 1 aromatic heterocycles. The summed E-state index contributed by atoms with van der Waals surface area (Å²) in [5.74, 6) is 0. The van der Waals surface area contributed by atoms with Crippen LogP contribution in [0.3, 0.4) is 0 Å². The van der Waals surface area contributed by atoms with Crippen molar-refractivity contribution in [2.75, 3.05) is 71.4 Å². The highest BCUT2D eigenvalue weighted by molar-refractivity contribution is 6.01. The lowest BCUT2D eigenvalue weighted by Gasteiger charge is -2.18. The van der Waals surface area contributed by atoms with Crippen LogP contribution in [0.1, 0.15) is 68.6 Å². The Labute approximate surface area is 366 Å². The first-order valence-electron chi connectivity index (χ1n) is 21.7. The fourth-order valence-electron chi connectivity index (χ4n) is 8.25. The van der Waals surface area contributed by atoms with Gasteiger partial charge >= 0.3 is 0 Å². The smallest absolute Gasteiger partial charge is 0.239 e. The number of hydrogen-bond acceptors (Lipinski definition) is 11. The highest BCUT2D eigenvalue weighted by Crippen LogP contribution is 2.37. The van der Waals surface area contributed by atoms with Crippen molar-refractivity contribution in [3.63, 3.8) is 0 Å². The Morgan fingerprint density at radius 3 is 1.82 bits per heavy atom. The van der Waals surface area contributed by atoms with E-state index in [1.165, 1.54) is 37.0 Å². The van der Waals surface area contributed by atoms with Crippen LogP contribution in [-0.2, 0) is 0 Å². The number of anilines is 9. The van der Waals surface area contributed by atoms with E-state index in [-0.39, 0.29) is 0 Å². The molecule has 0 saturated carbocycles. The summed E-state index contributed by atoms with van der Waals surface area (Å²) >= 11 is 0. The Hall–Kier alpha value is -6.95. The molecule has 12 nitrogen and oxygen atoms in total. The molecule has 0 spiro atoms. The van der Waals surface area contributed by atoms with Crippen LogP contribution < -0.4 is 54.1 Å². The molecular weight excluding hydrogens is 769 g/mol. The van der Waals surface area contributed by atoms with Gasteiger partial charge in [-0.2, -0.15) is 0 Å². The monoisotopic (exact) mass is 832 g/mol. The van der Waals surface area contributed by atoms with Gasteiger partial charge in [0.1, 0.15) is 16.7 Å². The second kappa shape index (κ2) is 19.2. The molecule has 0 amide bonds. The van der Waals surface area contributed by atoms with E-state index in [9.17, 15) is 0 Å². The van der Waals surface area contributed by atoms with Gasteiger partial charge in [-0.15, -0.1) is 4.57 Å². The number of rotatable bonds is 17. The SMILES string of the molecule is CNc1cc(Nc2ccc(N)cc2N)c(N=C2C=C(C)C(NCCCCCCCCNc3cc4c(cc3C)nc3cc(C)c(NC)cc3[n+]4-c3ccc(N)cc3N)=CC2)cc1C. The molecular formula is C50H63N12+. The van der Waals surface area contributed by atoms with Crippen molar-refractivity contribution in [1.82, 2.24) is 10.3 Å². The zero-order valence-electron chi connectivity index (χ0n) is 37.1. The van der Waals surface area contributed by atoms with Gasteiger partial charge in [0.2, 0.25) is 16.7 Å². The van der Waals surface area contributed by atoms with E-state index in [4.69, 9.17) is 32.9 Å². The molecule has 1 heterocycles. The zero-order valence-corrected chi connectivity index (χ0v) is 37.1. The van der Waals surface area contributed by atoms with Crippen molar-refractivity contribution in [3.8, 4) is 5.69 Å². The zero-order chi connectivity index (χ0) is 43.9. The normalized spacial score (nSPS) is 13.3. The second-order valence-electron chi connectivity index (χ2n) is 16.5. The van der Waals surface area contributed by atoms with E-state index in [2.05, 4.69) is 107 Å². The van der Waals surface area contributed by atoms with Crippen LogP contribution in [0.4, 0.5) is 56.9 Å². The maximum atomic E-state index is 6.60. The van der Waals surface area contributed by atoms with Crippen molar-refractivity contribution >= 4 is 84.7 Å². The van der Waals surface area contributed by atoms with Crippen molar-refractivity contribution in [1.29, 1.82) is 0 Å². The number of nitrogen functional groups attached to an aromatic ring is 4. The summed E-state index contributed by atoms with van der Waals surface area (Å²) < 4.78 is 2.21. The van der Waals surface area contributed by atoms with Crippen molar-refractivity contribution in [3.05, 3.63) is 113 Å². The predicted octanol–water partition coefficient (Wildman–Crippen LogP) is 10.1. The Balaban J connectivity index is 0.892. The van der Waals surface area contributed by atoms with Crippen LogP contribution in [0.25, 0.3) is 27.8 Å². The average Bonchev–Trinajstić information content (AvgIpc) is 3.23. The number of nitrogens with one attached hydrogen (secondary N) is 5. The minimum atomic E-state index is 0.589. The maximum Gasteiger partial charge on any atom is 0.239 e. The first-order valence-corrected chi connectivity index (χ1v) is 21.7. The van der Waals surface area contributed by atoms with Gasteiger partial charge in [-0.25, -0.2) is 4.98 Å². The molecule has 7 rings (SSSR count). The minimum absolute atomic E-state index is 0.589. The molecule has 0 fully saturated rings. The summed E-state index contributed by atoms with van der Waals surface area (Å²) in [6.45, 7) is 10.3. The second-order valence-corrected chi connectivity index (χ2v) is 16.5. The third-order valence-electron chi connectivity index (χ3n) is 11.7. The first-order chi connectivity index (χ1) is 29.9. The van der Waals surface area contributed by atoms with E-state index >= 15 is 0 Å². The summed E-state index contributed by atoms with van der Waals surface area (Å²) in [6.07, 6.45) is 12.3. The molecule has 0 bridgehead atoms. The van der Waals surface area contributed by atoms with Crippen LogP contribution >= 0.6 is 0 Å². The van der Waals surface area contributed by atoms with Crippen LogP contribution in [-0.4, -0.2) is 37.9 Å². The molecule has 6 aromatic rings. The first kappa shape index (κ1) is 43.1. The number of nitrogens with two attached hydrogens (primary N) is 4. The topological polar surface area (TPSA) is 193 Å². The van der Waals surface area contributed by atoms with E-state index in [0.29, 0.717) is 22.7 Å². The number of aromatic nitrogens is 2. The average molecular weight is 832 g/mol. The Bertz CT molecular complexity index is 2710. The third kappa shape index (κ3) is 9.81. The lowest BCUT2D eigenvalue weighted by atomic mass is 10.0. The van der Waals surface area contributed by atoms with Crippen molar-refractivity contribution < 1.29 is 4.57 Å². The molecule has 1 aliphatic rings. The van der Waals surface area contributed by atoms with Crippen LogP contribution in [0.5, 0.6) is 0 Å². The fraction of sp³-hybridized carbons (Fsp3) is 0.300. The Morgan fingerprint density at radius 2 is 1.18 bits per heavy atom. The molecule has 0 aliphatic heterocycles. The number of unbranched alkanes of at least 4 members (excludes halogenated alkanes) is 5. The molecule has 0 atom stereocenters. The van der Waals surface area contributed by atoms with E-state index in [0.717, 1.165) is 117 Å². The summed E-state index contributed by atoms with van der Waals surface area (Å²) in [7, 11) is 3.86. The van der Waals surface area contributed by atoms with Crippen molar-refractivity contribution in [2.24, 2.45) is 4.99 Å². The highest BCUT2D eigenvalue weighted by atomic mass is 15.0. The van der Waals surface area contributed by atoms with Gasteiger partial charge in [0.25, 0.3) is 0 Å². The van der Waals surface area contributed by atoms with Crippen LogP contribution in [0, 0.1) is 20.8 Å². The number of allylic oxidation sites excluding steroid dienone is 3. The highest BCUT2D eigenvalue weighted by Gasteiger charge is 2.24. The largest absolute Gasteiger partial charge is 0.399 e. The summed E-state index contributed by atoms with van der Waals surface area (Å²) in [5, 5.41) is 17.5. The predicted molar refractivity (Wildman–Crippen MR) is 266 cm³/mol. The molecule has 0 saturated heterocycles. The molecule has 0 unspecified atom stereocenters. The van der Waals surface area contributed by atoms with Crippen molar-refractivity contribution in [2.45, 2.75) is 72.6 Å². The number of nitrogens with zero attached hydrogens (tertiary/aromatic N) is 3. The van der Waals surface area contributed by atoms with E-state index < -0.39 is 0 Å². The van der Waals surface area contributed by atoms with Gasteiger partial charge in [0.15, 0.2) is 0 Å². The number of fused-ring (bicyclic) bond motifs is 2. The Morgan fingerprint density at radius 1 is 0.597 bits per heavy atom. The van der Waals surface area contributed by atoms with Gasteiger partial charge in [0.05, 0.1) is 22.7 Å². The summed E-state index contributed by atoms with van der Waals surface area (Å²) in [5.41, 5.74) is 44.6. The molecule has 13 N–H and O–H groups in total. The van der Waals surface area contributed by atoms with Crippen LogP contribution in [0.2, 0.25) is 0 Å². The molecule has 62 heavy (non-hydrogen) atoms. The number of hydrogen-bond donors (Lipinski definition) is 9. The lowest BCUT2D eigenvalue weighted by Crippen LogP contribution is -2.34. The maximum absolute atomic E-state index is 6.60. The molecule has 5 aromatic carbocycles. The fourth-order valence-corrected chi connectivity index (χ4v) is 8.25. The summed E-state index contributed by atoms with van der Waals surface area (Å²) in [4.78, 5) is 10.2. The number of aliphatic imine (C=N–C) groups is 1. The number of aryl methyl sites for hydroxylation is 3. The van der Waals surface area contributed by atoms with E-state index in [1.807, 2.05) is 44.4 Å². The standard InChI is InChI=1S/C50H62N12/c1-30-21-36(59-44-22-31(2)41(55-5)27-45(44)60-40-16-13-34(51)25-37(40)53)15-17-39(30)57-19-11-9-7-8-10-12-20-58-43-29-50-47(24-33(43)4)61-46-23-32(3)42(56-6)28-49(46)62(50)48-18-14-35(52)26-38(48)54/h13-14,16-18,21-29,55,57H,7-12,15,19-20,52,54H2,1-6H3,(H6,51,53,56,58,60,61)/p+1. The Kier molecular flexibility index (Phi) is 13.4. The van der Waals surface area contributed by atoms with Crippen LogP contribution in [0.15, 0.2) is 101 Å². The quantitative estimate of drug-likeness (QED) is 0.0185. The van der Waals surface area contributed by atoms with E-state index in [1.54, 1.807) is 6.07 Å². The van der Waals surface area contributed by atoms with Gasteiger partial charge in [-0.3, -0.25) is 4.99 Å². The van der Waals surface area contributed by atoms with Gasteiger partial charge in [-0.05, 0) is 123 Å². The molecule has 322 valence electrons. The number of benzene rings is 5. The molecule has 1 aliphatic carbocycles. The van der Waals surface area contributed by atoms with Gasteiger partial charge in [0, 0.05) is 91.7 Å². The van der Waals surface area contributed by atoms with Gasteiger partial charge in [-0.1, -0.05) is 31.8 Å². The minimum Gasteiger partial charge on any atom is -0.399 e. The third-order valence-corrected chi connectivity index (χ3v) is 11.7.